The Hall–Kier alpha value is -2.99. The number of rotatable bonds is 13. The van der Waals surface area contributed by atoms with Crippen molar-refractivity contribution in [3.63, 3.8) is 0 Å². The Bertz CT molecular complexity index is 884. The van der Waals surface area contributed by atoms with Crippen LogP contribution in [0, 0.1) is 5.92 Å². The van der Waals surface area contributed by atoms with E-state index in [1.165, 1.54) is 6.92 Å². The summed E-state index contributed by atoms with van der Waals surface area (Å²) in [6.45, 7) is 5.48. The minimum atomic E-state index is -0.706. The van der Waals surface area contributed by atoms with Crippen LogP contribution in [0.25, 0.3) is 0 Å². The lowest BCUT2D eigenvalue weighted by Crippen LogP contribution is -2.55. The summed E-state index contributed by atoms with van der Waals surface area (Å²) >= 11 is 0. The lowest BCUT2D eigenvalue weighted by atomic mass is 9.99. The Morgan fingerprint density at radius 3 is 1.79 bits per heavy atom. The molecule has 0 fully saturated rings. The number of benzene rings is 2. The lowest BCUT2D eigenvalue weighted by Gasteiger charge is -2.25. The summed E-state index contributed by atoms with van der Waals surface area (Å²) in [4.78, 5) is 38.3. The zero-order valence-corrected chi connectivity index (χ0v) is 20.1. The van der Waals surface area contributed by atoms with Crippen molar-refractivity contribution < 1.29 is 14.4 Å². The Kier molecular flexibility index (Phi) is 10.8. The van der Waals surface area contributed by atoms with Gasteiger partial charge < -0.3 is 16.0 Å². The van der Waals surface area contributed by atoms with Crippen molar-refractivity contribution >= 4 is 17.6 Å². The molecule has 0 radical (unpaired) electrons. The molecule has 0 bridgehead atoms. The fourth-order valence-corrected chi connectivity index (χ4v) is 3.76. The Balaban J connectivity index is 2.03. The normalized spacial score (nSPS) is 13.7. The third-order valence-corrected chi connectivity index (χ3v) is 5.66. The summed E-state index contributed by atoms with van der Waals surface area (Å²) in [5.74, 6) is -0.455. The highest BCUT2D eigenvalue weighted by atomic mass is 16.2. The Labute approximate surface area is 197 Å². The number of nitrogens with one attached hydrogen (secondary N) is 3. The summed E-state index contributed by atoms with van der Waals surface area (Å²) < 4.78 is 0. The lowest BCUT2D eigenvalue weighted by molar-refractivity contribution is -0.132. The minimum Gasteiger partial charge on any atom is -0.344 e. The Morgan fingerprint density at radius 1 is 0.758 bits per heavy atom. The van der Waals surface area contributed by atoms with Gasteiger partial charge in [-0.25, -0.2) is 0 Å². The van der Waals surface area contributed by atoms with Crippen LogP contribution in [0.3, 0.4) is 0 Å². The molecule has 6 heteroatoms. The monoisotopic (exact) mass is 451 g/mol. The largest absolute Gasteiger partial charge is 0.344 e. The van der Waals surface area contributed by atoms with E-state index in [2.05, 4.69) is 16.0 Å². The van der Waals surface area contributed by atoms with Crippen LogP contribution in [0.4, 0.5) is 0 Å². The fourth-order valence-electron chi connectivity index (χ4n) is 3.76. The molecule has 3 N–H and O–H groups in total. The number of hydrogen-bond acceptors (Lipinski definition) is 4. The molecule has 0 saturated heterocycles. The Morgan fingerprint density at radius 2 is 1.27 bits per heavy atom. The van der Waals surface area contributed by atoms with Gasteiger partial charge in [-0.05, 0) is 56.7 Å². The van der Waals surface area contributed by atoms with Gasteiger partial charge in [0.1, 0.15) is 6.04 Å². The maximum Gasteiger partial charge on any atom is 0.243 e. The molecular formula is C27H37N3O3. The van der Waals surface area contributed by atoms with E-state index in [0.29, 0.717) is 19.3 Å². The summed E-state index contributed by atoms with van der Waals surface area (Å²) in [5.41, 5.74) is 2.13. The molecule has 0 aliphatic rings. The maximum absolute atomic E-state index is 13.1. The van der Waals surface area contributed by atoms with E-state index < -0.39 is 18.1 Å². The molecule has 0 heterocycles. The zero-order chi connectivity index (χ0) is 24.2. The van der Waals surface area contributed by atoms with Crippen LogP contribution in [-0.2, 0) is 27.2 Å². The number of Topliss-reactive ketones (excluding diaryl/α,β-unsaturated/α-hetero) is 1. The van der Waals surface area contributed by atoms with Gasteiger partial charge >= 0.3 is 0 Å². The molecular weight excluding hydrogens is 414 g/mol. The topological polar surface area (TPSA) is 87.3 Å². The summed E-state index contributed by atoms with van der Waals surface area (Å²) in [6.07, 6.45) is 2.28. The van der Waals surface area contributed by atoms with E-state index in [9.17, 15) is 14.4 Å². The van der Waals surface area contributed by atoms with Gasteiger partial charge in [0.15, 0.2) is 5.78 Å². The first kappa shape index (κ1) is 26.3. The van der Waals surface area contributed by atoms with Gasteiger partial charge in [0.2, 0.25) is 11.8 Å². The molecule has 6 nitrogen and oxygen atoms in total. The van der Waals surface area contributed by atoms with Gasteiger partial charge in [-0.3, -0.25) is 14.4 Å². The van der Waals surface area contributed by atoms with Gasteiger partial charge in [-0.15, -0.1) is 0 Å². The van der Waals surface area contributed by atoms with E-state index in [-0.39, 0.29) is 23.5 Å². The van der Waals surface area contributed by atoms with Gasteiger partial charge in [0, 0.05) is 0 Å². The van der Waals surface area contributed by atoms with Gasteiger partial charge in [0.05, 0.1) is 12.1 Å². The van der Waals surface area contributed by atoms with E-state index in [0.717, 1.165) is 17.5 Å². The highest BCUT2D eigenvalue weighted by Crippen LogP contribution is 2.10. The second kappa shape index (κ2) is 13.5. The van der Waals surface area contributed by atoms with Crippen molar-refractivity contribution in [1.82, 2.24) is 16.0 Å². The van der Waals surface area contributed by atoms with Crippen molar-refractivity contribution in [3.8, 4) is 0 Å². The van der Waals surface area contributed by atoms with E-state index >= 15 is 0 Å². The smallest absolute Gasteiger partial charge is 0.243 e. The number of ketones is 1. The van der Waals surface area contributed by atoms with Crippen LogP contribution >= 0.6 is 0 Å². The molecule has 2 rings (SSSR count). The van der Waals surface area contributed by atoms with E-state index in [4.69, 9.17) is 0 Å². The first-order valence-electron chi connectivity index (χ1n) is 11.7. The third kappa shape index (κ3) is 9.18. The molecule has 33 heavy (non-hydrogen) atoms. The summed E-state index contributed by atoms with van der Waals surface area (Å²) in [5, 5.41) is 8.85. The second-order valence-corrected chi connectivity index (χ2v) is 8.92. The molecule has 0 spiro atoms. The van der Waals surface area contributed by atoms with E-state index in [1.54, 1.807) is 7.05 Å². The van der Waals surface area contributed by atoms with Crippen molar-refractivity contribution in [2.45, 2.75) is 64.6 Å². The summed E-state index contributed by atoms with van der Waals surface area (Å²) in [6, 6.07) is 17.8. The molecule has 3 atom stereocenters. The second-order valence-electron chi connectivity index (χ2n) is 8.92. The molecule has 2 amide bonds. The van der Waals surface area contributed by atoms with Crippen LogP contribution in [0.2, 0.25) is 0 Å². The van der Waals surface area contributed by atoms with Crippen molar-refractivity contribution in [1.29, 1.82) is 0 Å². The first-order chi connectivity index (χ1) is 15.8. The van der Waals surface area contributed by atoms with Crippen LogP contribution in [0.15, 0.2) is 60.7 Å². The molecule has 0 unspecified atom stereocenters. The third-order valence-electron chi connectivity index (χ3n) is 5.66. The number of carbonyl (C=O) groups is 3. The quantitative estimate of drug-likeness (QED) is 0.437. The van der Waals surface area contributed by atoms with Crippen LogP contribution < -0.4 is 16.0 Å². The van der Waals surface area contributed by atoms with Crippen LogP contribution in [0.1, 0.15) is 44.7 Å². The number of aryl methyl sites for hydroxylation is 1. The number of amides is 2. The molecule has 0 aliphatic heterocycles. The highest BCUT2D eigenvalue weighted by Gasteiger charge is 2.28. The van der Waals surface area contributed by atoms with Crippen molar-refractivity contribution in [2.75, 3.05) is 7.05 Å². The van der Waals surface area contributed by atoms with Crippen molar-refractivity contribution in [3.05, 3.63) is 71.8 Å². The van der Waals surface area contributed by atoms with E-state index in [1.807, 2.05) is 74.5 Å². The molecule has 0 aliphatic carbocycles. The standard InChI is InChI=1S/C27H37N3O3/c1-19(2)17-25(27(33)29-24(20(3)31)18-22-13-9-6-10-14-22)30-26(32)23(28-4)16-15-21-11-7-5-8-12-21/h5-14,19,23-25,28H,15-18H2,1-4H3,(H,29,33)(H,30,32)/t23-,24-,25-/m0/s1. The van der Waals surface area contributed by atoms with Gasteiger partial charge in [0.25, 0.3) is 0 Å². The fraction of sp³-hybridized carbons (Fsp3) is 0.444. The van der Waals surface area contributed by atoms with Crippen LogP contribution in [0.5, 0.6) is 0 Å². The number of carbonyl (C=O) groups excluding carboxylic acids is 3. The number of likely N-dealkylation sites (N-methyl/N-ethyl adjacent to an activating group) is 1. The molecule has 2 aromatic carbocycles. The van der Waals surface area contributed by atoms with Crippen molar-refractivity contribution in [2.24, 2.45) is 5.92 Å². The minimum absolute atomic E-state index is 0.113. The molecule has 178 valence electrons. The molecule has 0 aromatic heterocycles. The van der Waals surface area contributed by atoms with Gasteiger partial charge in [-0.2, -0.15) is 0 Å². The zero-order valence-electron chi connectivity index (χ0n) is 20.1. The predicted octanol–water partition coefficient (Wildman–Crippen LogP) is 3.05. The summed E-state index contributed by atoms with van der Waals surface area (Å²) in [7, 11) is 1.75. The molecule has 2 aromatic rings. The SMILES string of the molecule is CN[C@@H](CCc1ccccc1)C(=O)N[C@@H](CC(C)C)C(=O)N[C@@H](Cc1ccccc1)C(C)=O. The maximum atomic E-state index is 13.1. The predicted molar refractivity (Wildman–Crippen MR) is 132 cm³/mol. The van der Waals surface area contributed by atoms with Crippen LogP contribution in [-0.4, -0.2) is 42.8 Å². The first-order valence-corrected chi connectivity index (χ1v) is 11.7. The number of hydrogen-bond donors (Lipinski definition) is 3. The highest BCUT2D eigenvalue weighted by molar-refractivity contribution is 5.93. The average Bonchev–Trinajstić information content (AvgIpc) is 2.79. The molecule has 0 saturated carbocycles. The average molecular weight is 452 g/mol. The van der Waals surface area contributed by atoms with Gasteiger partial charge in [-0.1, -0.05) is 74.5 Å².